The van der Waals surface area contributed by atoms with Gasteiger partial charge in [0.05, 0.1) is 15.5 Å². The highest BCUT2D eigenvalue weighted by Crippen LogP contribution is 2.24. The summed E-state index contributed by atoms with van der Waals surface area (Å²) in [6, 6.07) is 9.46. The zero-order valence-corrected chi connectivity index (χ0v) is 14.0. The molecule has 2 rings (SSSR count). The molecular weight excluding hydrogens is 324 g/mol. The lowest BCUT2D eigenvalue weighted by molar-refractivity contribution is 0.0733. The fourth-order valence-corrected chi connectivity index (χ4v) is 3.29. The molecule has 2 aromatic rings. The minimum Gasteiger partial charge on any atom is -0.423 e. The van der Waals surface area contributed by atoms with Gasteiger partial charge in [-0.3, -0.25) is 0 Å². The summed E-state index contributed by atoms with van der Waals surface area (Å²) in [5.41, 5.74) is 2.01. The lowest BCUT2D eigenvalue weighted by Gasteiger charge is -2.09. The summed E-state index contributed by atoms with van der Waals surface area (Å²) < 4.78 is 28.6. The van der Waals surface area contributed by atoms with Crippen molar-refractivity contribution in [3.63, 3.8) is 0 Å². The molecule has 0 unspecified atom stereocenters. The van der Waals surface area contributed by atoms with Crippen molar-refractivity contribution in [1.82, 2.24) is 0 Å². The van der Waals surface area contributed by atoms with Crippen LogP contribution in [0.3, 0.4) is 0 Å². The monoisotopic (exact) mass is 338 g/mol. The number of benzene rings is 2. The topological polar surface area (TPSA) is 60.4 Å². The van der Waals surface area contributed by atoms with Crippen LogP contribution in [0, 0.1) is 13.8 Å². The summed E-state index contributed by atoms with van der Waals surface area (Å²) in [4.78, 5) is 12.1. The smallest absolute Gasteiger partial charge is 0.343 e. The second-order valence-electron chi connectivity index (χ2n) is 5.08. The maximum Gasteiger partial charge on any atom is 0.343 e. The van der Waals surface area contributed by atoms with Crippen molar-refractivity contribution in [3.05, 3.63) is 58.1 Å². The van der Waals surface area contributed by atoms with Gasteiger partial charge in [-0.2, -0.15) is 0 Å². The Labute approximate surface area is 134 Å². The number of ether oxygens (including phenoxy) is 1. The van der Waals surface area contributed by atoms with Crippen LogP contribution in [0.15, 0.2) is 41.3 Å². The zero-order chi connectivity index (χ0) is 16.5. The number of hydrogen-bond donors (Lipinski definition) is 0. The molecule has 0 amide bonds. The van der Waals surface area contributed by atoms with Gasteiger partial charge in [0.2, 0.25) is 0 Å². The zero-order valence-electron chi connectivity index (χ0n) is 12.4. The number of aryl methyl sites for hydroxylation is 2. The fraction of sp³-hybridized carbons (Fsp3) is 0.188. The first-order valence-corrected chi connectivity index (χ1v) is 8.74. The lowest BCUT2D eigenvalue weighted by atomic mass is 10.1. The Morgan fingerprint density at radius 1 is 1.09 bits per heavy atom. The summed E-state index contributed by atoms with van der Waals surface area (Å²) in [6.45, 7) is 3.77. The molecule has 0 bridgehead atoms. The van der Waals surface area contributed by atoms with E-state index in [1.54, 1.807) is 6.07 Å². The predicted molar refractivity (Wildman–Crippen MR) is 85.4 cm³/mol. The first-order valence-electron chi connectivity index (χ1n) is 6.47. The third-order valence-corrected chi connectivity index (χ3v) is 4.68. The van der Waals surface area contributed by atoms with Crippen LogP contribution in [0.25, 0.3) is 0 Å². The molecule has 116 valence electrons. The predicted octanol–water partition coefficient (Wildman–Crippen LogP) is 3.58. The van der Waals surface area contributed by atoms with Crippen LogP contribution < -0.4 is 4.74 Å². The molecule has 0 fully saturated rings. The highest BCUT2D eigenvalue weighted by molar-refractivity contribution is 7.90. The number of halogens is 1. The van der Waals surface area contributed by atoms with Crippen LogP contribution >= 0.6 is 11.6 Å². The summed E-state index contributed by atoms with van der Waals surface area (Å²) in [5, 5.41) is 0.0746. The van der Waals surface area contributed by atoms with Crippen LogP contribution in [0.4, 0.5) is 0 Å². The Morgan fingerprint density at radius 3 is 2.36 bits per heavy atom. The molecule has 0 radical (unpaired) electrons. The van der Waals surface area contributed by atoms with E-state index in [1.165, 1.54) is 18.2 Å². The highest BCUT2D eigenvalue weighted by Gasteiger charge is 2.17. The molecule has 6 heteroatoms. The van der Waals surface area contributed by atoms with Crippen molar-refractivity contribution in [2.45, 2.75) is 18.7 Å². The van der Waals surface area contributed by atoms with Crippen LogP contribution in [0.5, 0.6) is 5.75 Å². The van der Waals surface area contributed by atoms with Gasteiger partial charge in [0.1, 0.15) is 5.75 Å². The molecule has 22 heavy (non-hydrogen) atoms. The molecule has 0 heterocycles. The Balaban J connectivity index is 2.34. The van der Waals surface area contributed by atoms with E-state index in [-0.39, 0.29) is 15.5 Å². The molecule has 0 aliphatic rings. The van der Waals surface area contributed by atoms with Crippen LogP contribution in [-0.2, 0) is 9.84 Å². The van der Waals surface area contributed by atoms with E-state index in [0.29, 0.717) is 5.75 Å². The van der Waals surface area contributed by atoms with E-state index in [1.807, 2.05) is 26.0 Å². The van der Waals surface area contributed by atoms with Gasteiger partial charge in [0.15, 0.2) is 9.84 Å². The molecular formula is C16H15ClO4S. The van der Waals surface area contributed by atoms with E-state index in [9.17, 15) is 13.2 Å². The summed E-state index contributed by atoms with van der Waals surface area (Å²) in [6.07, 6.45) is 1.04. The second-order valence-corrected chi connectivity index (χ2v) is 7.47. The van der Waals surface area contributed by atoms with Gasteiger partial charge in [-0.1, -0.05) is 29.3 Å². The Morgan fingerprint density at radius 2 is 1.77 bits per heavy atom. The van der Waals surface area contributed by atoms with Gasteiger partial charge in [-0.15, -0.1) is 0 Å². The number of rotatable bonds is 3. The van der Waals surface area contributed by atoms with Crippen LogP contribution in [-0.4, -0.2) is 20.6 Å². The third kappa shape index (κ3) is 3.67. The number of esters is 1. The van der Waals surface area contributed by atoms with E-state index in [0.717, 1.165) is 17.4 Å². The minimum absolute atomic E-state index is 0.0746. The number of hydrogen-bond acceptors (Lipinski definition) is 4. The van der Waals surface area contributed by atoms with Gasteiger partial charge in [-0.05, 0) is 43.7 Å². The maximum absolute atomic E-state index is 12.2. The van der Waals surface area contributed by atoms with Gasteiger partial charge < -0.3 is 4.74 Å². The lowest BCUT2D eigenvalue weighted by Crippen LogP contribution is -2.11. The first kappa shape index (κ1) is 16.5. The van der Waals surface area contributed by atoms with E-state index in [4.69, 9.17) is 16.3 Å². The summed E-state index contributed by atoms with van der Waals surface area (Å²) in [5.74, 6) is -0.194. The first-order chi connectivity index (χ1) is 10.2. The Hall–Kier alpha value is -1.85. The quantitative estimate of drug-likeness (QED) is 0.634. The Bertz CT molecular complexity index is 841. The highest BCUT2D eigenvalue weighted by atomic mass is 35.5. The molecule has 0 aliphatic heterocycles. The van der Waals surface area contributed by atoms with E-state index >= 15 is 0 Å². The molecule has 0 aromatic heterocycles. The van der Waals surface area contributed by atoms with Crippen molar-refractivity contribution in [3.8, 4) is 5.75 Å². The van der Waals surface area contributed by atoms with Gasteiger partial charge in [-0.25, -0.2) is 13.2 Å². The normalized spacial score (nSPS) is 11.3. The summed E-state index contributed by atoms with van der Waals surface area (Å²) in [7, 11) is -3.52. The summed E-state index contributed by atoms with van der Waals surface area (Å²) >= 11 is 5.86. The van der Waals surface area contributed by atoms with Gasteiger partial charge >= 0.3 is 5.97 Å². The van der Waals surface area contributed by atoms with Gasteiger partial charge in [0, 0.05) is 6.26 Å². The standard InChI is InChI=1S/C16H15ClO4S/c1-10-4-7-14(11(2)8-10)21-16(18)12-5-6-13(17)15(9-12)22(3,19)20/h4-9H,1-3H3. The number of sulfone groups is 1. The number of carbonyl (C=O) groups excluding carboxylic acids is 1. The third-order valence-electron chi connectivity index (χ3n) is 3.10. The van der Waals surface area contributed by atoms with Crippen molar-refractivity contribution >= 4 is 27.4 Å². The SMILES string of the molecule is Cc1ccc(OC(=O)c2ccc(Cl)c(S(C)(=O)=O)c2)c(C)c1. The van der Waals surface area contributed by atoms with Crippen LogP contribution in [0.2, 0.25) is 5.02 Å². The van der Waals surface area contributed by atoms with Gasteiger partial charge in [0.25, 0.3) is 0 Å². The molecule has 2 aromatic carbocycles. The average molecular weight is 339 g/mol. The van der Waals surface area contributed by atoms with Crippen molar-refractivity contribution in [2.24, 2.45) is 0 Å². The van der Waals surface area contributed by atoms with E-state index < -0.39 is 15.8 Å². The van der Waals surface area contributed by atoms with Crippen molar-refractivity contribution in [2.75, 3.05) is 6.26 Å². The molecule has 0 saturated heterocycles. The molecule has 0 atom stereocenters. The van der Waals surface area contributed by atoms with Crippen molar-refractivity contribution in [1.29, 1.82) is 0 Å². The molecule has 0 N–H and O–H groups in total. The average Bonchev–Trinajstić information content (AvgIpc) is 2.41. The largest absolute Gasteiger partial charge is 0.423 e. The Kier molecular flexibility index (Phi) is 4.58. The van der Waals surface area contributed by atoms with Crippen molar-refractivity contribution < 1.29 is 17.9 Å². The number of carbonyl (C=O) groups is 1. The molecule has 0 aliphatic carbocycles. The van der Waals surface area contributed by atoms with Crippen LogP contribution in [0.1, 0.15) is 21.5 Å². The fourth-order valence-electron chi connectivity index (χ4n) is 1.99. The minimum atomic E-state index is -3.52. The maximum atomic E-state index is 12.2. The second kappa shape index (κ2) is 6.10. The molecule has 4 nitrogen and oxygen atoms in total. The molecule has 0 spiro atoms. The molecule has 0 saturated carbocycles. The van der Waals surface area contributed by atoms with E-state index in [2.05, 4.69) is 0 Å².